The van der Waals surface area contributed by atoms with Crippen molar-refractivity contribution in [1.29, 1.82) is 0 Å². The molecule has 5 rings (SSSR count). The standard InChI is InChI=1S/C31H37ClO10/c1-15-19(35)13-31(38)26(41-27(37)18-10-8-7-9-11-18)24-29(6,20(32)12-21-30(24,14-39-21)42-17(3)34)25(36)23(40-16(2)33)22(15)28(31,4)5/h7-11,19-21,23-24,26,35,38H,12-14H2,1-6H3/t19-,20?,21?,23+,24?,26-,29+,30-,31+/m0/s1. The second-order valence-electron chi connectivity index (χ2n) is 12.7. The van der Waals surface area contributed by atoms with Gasteiger partial charge in [-0.05, 0) is 36.6 Å². The number of aliphatic hydroxyl groups excluding tert-OH is 1. The predicted octanol–water partition coefficient (Wildman–Crippen LogP) is 2.90. The second-order valence-corrected chi connectivity index (χ2v) is 13.3. The highest BCUT2D eigenvalue weighted by atomic mass is 35.5. The average molecular weight is 605 g/mol. The number of carbonyl (C=O) groups is 4. The Hall–Kier alpha value is -2.79. The molecule has 2 N–H and O–H groups in total. The normalized spacial score (nSPS) is 40.4. The molecule has 11 heteroatoms. The molecule has 0 radical (unpaired) electrons. The lowest BCUT2D eigenvalue weighted by atomic mass is 9.45. The van der Waals surface area contributed by atoms with Gasteiger partial charge in [0.05, 0.1) is 29.6 Å². The molecular weight excluding hydrogens is 568 g/mol. The maximum Gasteiger partial charge on any atom is 0.338 e. The number of hydrogen-bond acceptors (Lipinski definition) is 10. The van der Waals surface area contributed by atoms with Gasteiger partial charge in [0.25, 0.3) is 0 Å². The molecule has 2 saturated carbocycles. The summed E-state index contributed by atoms with van der Waals surface area (Å²) in [6, 6.07) is 8.15. The summed E-state index contributed by atoms with van der Waals surface area (Å²) in [5.41, 5.74) is -5.88. The molecule has 4 aliphatic rings. The number of ketones is 1. The van der Waals surface area contributed by atoms with Gasteiger partial charge in [-0.15, -0.1) is 11.6 Å². The quantitative estimate of drug-likeness (QED) is 0.228. The summed E-state index contributed by atoms with van der Waals surface area (Å²) in [4.78, 5) is 53.6. The van der Waals surface area contributed by atoms with Crippen LogP contribution in [0.3, 0.4) is 0 Å². The van der Waals surface area contributed by atoms with Gasteiger partial charge in [-0.25, -0.2) is 4.79 Å². The molecule has 1 aromatic rings. The van der Waals surface area contributed by atoms with Gasteiger partial charge >= 0.3 is 17.9 Å². The van der Waals surface area contributed by atoms with Crippen molar-refractivity contribution in [2.75, 3.05) is 6.61 Å². The van der Waals surface area contributed by atoms with Gasteiger partial charge in [0, 0.05) is 31.1 Å². The number of carbonyl (C=O) groups excluding carboxylic acids is 4. The lowest BCUT2D eigenvalue weighted by Crippen LogP contribution is -2.81. The molecule has 10 nitrogen and oxygen atoms in total. The van der Waals surface area contributed by atoms with Gasteiger partial charge in [0.15, 0.2) is 17.5 Å². The van der Waals surface area contributed by atoms with E-state index in [1.54, 1.807) is 58.0 Å². The number of Topliss-reactive ketones (excluding diaryl/α,β-unsaturated/α-hetero) is 1. The van der Waals surface area contributed by atoms with E-state index in [-0.39, 0.29) is 30.6 Å². The molecule has 3 aliphatic carbocycles. The summed E-state index contributed by atoms with van der Waals surface area (Å²) in [5.74, 6) is -4.06. The van der Waals surface area contributed by atoms with E-state index in [1.165, 1.54) is 13.8 Å². The zero-order chi connectivity index (χ0) is 31.0. The number of ether oxygens (including phenoxy) is 4. The number of benzene rings is 1. The maximum absolute atomic E-state index is 14.9. The molecular formula is C31H37ClO10. The van der Waals surface area contributed by atoms with Crippen molar-refractivity contribution >= 4 is 35.3 Å². The van der Waals surface area contributed by atoms with Crippen molar-refractivity contribution in [2.24, 2.45) is 16.7 Å². The third kappa shape index (κ3) is 4.17. The Morgan fingerprint density at radius 3 is 2.24 bits per heavy atom. The average Bonchev–Trinajstić information content (AvgIpc) is 2.90. The van der Waals surface area contributed by atoms with Crippen molar-refractivity contribution in [1.82, 2.24) is 0 Å². The first-order valence-electron chi connectivity index (χ1n) is 14.1. The minimum atomic E-state index is -2.06. The predicted molar refractivity (Wildman–Crippen MR) is 148 cm³/mol. The van der Waals surface area contributed by atoms with Crippen molar-refractivity contribution in [3.8, 4) is 0 Å². The molecule has 0 amide bonds. The molecule has 42 heavy (non-hydrogen) atoms. The third-order valence-corrected chi connectivity index (χ3v) is 10.8. The fourth-order valence-electron chi connectivity index (χ4n) is 7.87. The van der Waals surface area contributed by atoms with Crippen LogP contribution in [-0.2, 0) is 33.3 Å². The van der Waals surface area contributed by atoms with Gasteiger partial charge < -0.3 is 29.2 Å². The fourth-order valence-corrected chi connectivity index (χ4v) is 8.27. The Morgan fingerprint density at radius 1 is 1.05 bits per heavy atom. The monoisotopic (exact) mass is 604 g/mol. The molecule has 1 heterocycles. The van der Waals surface area contributed by atoms with E-state index in [2.05, 4.69) is 0 Å². The van der Waals surface area contributed by atoms with Gasteiger partial charge in [-0.3, -0.25) is 14.4 Å². The van der Waals surface area contributed by atoms with Crippen molar-refractivity contribution in [3.05, 3.63) is 47.0 Å². The summed E-state index contributed by atoms with van der Waals surface area (Å²) in [6.07, 6.45) is -5.29. The molecule has 1 saturated heterocycles. The number of hydrogen-bond donors (Lipinski definition) is 2. The first-order chi connectivity index (χ1) is 19.5. The number of rotatable bonds is 4. The number of alkyl halides is 1. The highest BCUT2D eigenvalue weighted by Gasteiger charge is 2.78. The summed E-state index contributed by atoms with van der Waals surface area (Å²) in [7, 11) is 0. The smallest absolute Gasteiger partial charge is 0.338 e. The highest BCUT2D eigenvalue weighted by molar-refractivity contribution is 6.23. The van der Waals surface area contributed by atoms with Gasteiger partial charge in [0.1, 0.15) is 17.8 Å². The molecule has 3 unspecified atom stereocenters. The number of esters is 3. The lowest BCUT2D eigenvalue weighted by Gasteiger charge is -2.67. The molecule has 1 aromatic carbocycles. The van der Waals surface area contributed by atoms with Crippen molar-refractivity contribution in [3.63, 3.8) is 0 Å². The Balaban J connectivity index is 1.84. The Bertz CT molecular complexity index is 1360. The van der Waals surface area contributed by atoms with Crippen molar-refractivity contribution in [2.45, 2.75) is 95.4 Å². The molecule has 2 bridgehead atoms. The van der Waals surface area contributed by atoms with Crippen LogP contribution in [0.2, 0.25) is 0 Å². The number of halogens is 1. The Labute approximate surface area is 249 Å². The summed E-state index contributed by atoms with van der Waals surface area (Å²) in [5, 5.41) is 23.2. The summed E-state index contributed by atoms with van der Waals surface area (Å²) < 4.78 is 23.7. The molecule has 228 valence electrons. The molecule has 0 aromatic heterocycles. The van der Waals surface area contributed by atoms with Crippen LogP contribution in [0, 0.1) is 16.7 Å². The maximum atomic E-state index is 14.9. The van der Waals surface area contributed by atoms with Crippen LogP contribution in [0.1, 0.15) is 64.7 Å². The second kappa shape index (κ2) is 10.1. The van der Waals surface area contributed by atoms with E-state index < -0.39 is 81.4 Å². The topological polar surface area (TPSA) is 146 Å². The third-order valence-electron chi connectivity index (χ3n) is 10.1. The van der Waals surface area contributed by atoms with Crippen molar-refractivity contribution < 1.29 is 48.3 Å². The van der Waals surface area contributed by atoms with E-state index in [0.717, 1.165) is 0 Å². The van der Waals surface area contributed by atoms with E-state index >= 15 is 0 Å². The van der Waals surface area contributed by atoms with Crippen LogP contribution in [0.15, 0.2) is 41.5 Å². The molecule has 0 spiro atoms. The van der Waals surface area contributed by atoms with Crippen LogP contribution in [0.4, 0.5) is 0 Å². The number of aliphatic hydroxyl groups is 2. The first-order valence-corrected chi connectivity index (χ1v) is 14.5. The zero-order valence-electron chi connectivity index (χ0n) is 24.5. The minimum absolute atomic E-state index is 0.0994. The van der Waals surface area contributed by atoms with Crippen LogP contribution in [0.25, 0.3) is 0 Å². The van der Waals surface area contributed by atoms with Gasteiger partial charge in [-0.1, -0.05) is 39.0 Å². The van der Waals surface area contributed by atoms with Gasteiger partial charge in [-0.2, -0.15) is 0 Å². The zero-order valence-corrected chi connectivity index (χ0v) is 25.3. The number of fused-ring (bicyclic) bond motifs is 5. The fraction of sp³-hybridized carbons (Fsp3) is 0.613. The molecule has 9 atom stereocenters. The Morgan fingerprint density at radius 2 is 1.69 bits per heavy atom. The van der Waals surface area contributed by atoms with E-state index in [9.17, 15) is 29.4 Å². The van der Waals surface area contributed by atoms with Crippen LogP contribution >= 0.6 is 11.6 Å². The van der Waals surface area contributed by atoms with E-state index in [0.29, 0.717) is 5.57 Å². The lowest BCUT2D eigenvalue weighted by molar-refractivity contribution is -0.331. The highest BCUT2D eigenvalue weighted by Crippen LogP contribution is 2.65. The van der Waals surface area contributed by atoms with Gasteiger partial charge in [0.2, 0.25) is 0 Å². The van der Waals surface area contributed by atoms with E-state index in [4.69, 9.17) is 30.5 Å². The first kappa shape index (κ1) is 30.7. The summed E-state index contributed by atoms with van der Waals surface area (Å²) >= 11 is 7.03. The molecule has 1 aliphatic heterocycles. The van der Waals surface area contributed by atoms with Crippen LogP contribution in [0.5, 0.6) is 0 Å². The van der Waals surface area contributed by atoms with Crippen LogP contribution in [-0.4, -0.2) is 81.5 Å². The van der Waals surface area contributed by atoms with Crippen LogP contribution < -0.4 is 0 Å². The minimum Gasteiger partial charge on any atom is -0.455 e. The summed E-state index contributed by atoms with van der Waals surface area (Å²) in [6.45, 7) is 8.74. The molecule has 3 fully saturated rings. The van der Waals surface area contributed by atoms with E-state index in [1.807, 2.05) is 0 Å². The SMILES string of the molecule is CC(=O)O[C@H]1C(=O)[C@]2(C)C(Cl)CC3OC[C@@]3(OC(C)=O)C2[C@H](OC(=O)c2ccccc2)[C@]2(O)C[C@H](O)C(C)=C1C2(C)C. The largest absolute Gasteiger partial charge is 0.455 e. The Kier molecular flexibility index (Phi) is 7.41.